The fraction of sp³-hybridized carbons (Fsp3) is 0.357. The van der Waals surface area contributed by atoms with Gasteiger partial charge in [-0.2, -0.15) is 11.3 Å². The van der Waals surface area contributed by atoms with E-state index in [-0.39, 0.29) is 11.9 Å². The largest absolute Gasteiger partial charge is 0.330 e. The monoisotopic (exact) mass is 339 g/mol. The van der Waals surface area contributed by atoms with Crippen LogP contribution in [-0.4, -0.2) is 33.6 Å². The Morgan fingerprint density at radius 3 is 3.14 bits per heavy atom. The summed E-state index contributed by atoms with van der Waals surface area (Å²) in [7, 11) is 0. The molecule has 1 amide bonds. The molecule has 4 nitrogen and oxygen atoms in total. The lowest BCUT2D eigenvalue weighted by Crippen LogP contribution is -2.31. The molecule has 3 heterocycles. The van der Waals surface area contributed by atoms with Crippen molar-refractivity contribution in [2.45, 2.75) is 24.0 Å². The number of carbonyl (C=O) groups excluding carboxylic acids is 1. The van der Waals surface area contributed by atoms with E-state index in [2.05, 4.69) is 21.4 Å². The maximum absolute atomic E-state index is 12.8. The lowest BCUT2D eigenvalue weighted by molar-refractivity contribution is 0.0729. The number of aromatic nitrogens is 2. The van der Waals surface area contributed by atoms with E-state index < -0.39 is 0 Å². The minimum atomic E-state index is -0.105. The Labute approximate surface area is 136 Å². The van der Waals surface area contributed by atoms with Crippen molar-refractivity contribution >= 4 is 40.6 Å². The molecule has 1 fully saturated rings. The van der Waals surface area contributed by atoms with Crippen molar-refractivity contribution in [3.8, 4) is 0 Å². The van der Waals surface area contributed by atoms with E-state index in [4.69, 9.17) is 11.6 Å². The second kappa shape index (κ2) is 6.34. The molecule has 0 saturated carbocycles. The highest BCUT2D eigenvalue weighted by molar-refractivity contribution is 7.98. The van der Waals surface area contributed by atoms with Gasteiger partial charge in [-0.15, -0.1) is 0 Å². The average molecular weight is 340 g/mol. The lowest BCUT2D eigenvalue weighted by atomic mass is 10.1. The van der Waals surface area contributed by atoms with Crippen LogP contribution in [-0.2, 0) is 0 Å². The van der Waals surface area contributed by atoms with Gasteiger partial charge in [0.15, 0.2) is 10.9 Å². The van der Waals surface area contributed by atoms with Crippen molar-refractivity contribution in [1.82, 2.24) is 14.9 Å². The van der Waals surface area contributed by atoms with Gasteiger partial charge in [-0.25, -0.2) is 9.97 Å². The van der Waals surface area contributed by atoms with Crippen molar-refractivity contribution in [1.29, 1.82) is 0 Å². The number of amides is 1. The molecule has 1 aliphatic rings. The van der Waals surface area contributed by atoms with Crippen molar-refractivity contribution in [2.75, 3.05) is 12.8 Å². The van der Waals surface area contributed by atoms with Gasteiger partial charge in [0, 0.05) is 6.54 Å². The van der Waals surface area contributed by atoms with Gasteiger partial charge in [0.1, 0.15) is 0 Å². The first-order chi connectivity index (χ1) is 10.2. The first kappa shape index (κ1) is 14.8. The number of thioether (sulfide) groups is 1. The van der Waals surface area contributed by atoms with Gasteiger partial charge in [-0.3, -0.25) is 4.79 Å². The van der Waals surface area contributed by atoms with Crippen LogP contribution in [0, 0.1) is 0 Å². The van der Waals surface area contributed by atoms with Crippen LogP contribution in [0.5, 0.6) is 0 Å². The summed E-state index contributed by atoms with van der Waals surface area (Å²) in [5, 5.41) is 5.02. The number of likely N-dealkylation sites (tertiary alicyclic amines) is 1. The van der Waals surface area contributed by atoms with E-state index in [0.717, 1.165) is 19.4 Å². The van der Waals surface area contributed by atoms with Crippen LogP contribution < -0.4 is 0 Å². The minimum Gasteiger partial charge on any atom is -0.330 e. The van der Waals surface area contributed by atoms with E-state index in [9.17, 15) is 4.79 Å². The predicted octanol–water partition coefficient (Wildman–Crippen LogP) is 3.89. The maximum atomic E-state index is 12.8. The Morgan fingerprint density at radius 2 is 2.43 bits per heavy atom. The molecule has 2 aromatic rings. The highest BCUT2D eigenvalue weighted by atomic mass is 35.5. The molecule has 110 valence electrons. The molecule has 0 unspecified atom stereocenters. The highest BCUT2D eigenvalue weighted by Crippen LogP contribution is 2.34. The van der Waals surface area contributed by atoms with Crippen molar-refractivity contribution < 1.29 is 4.79 Å². The fourth-order valence-corrected chi connectivity index (χ4v) is 3.78. The first-order valence-corrected chi connectivity index (χ1v) is 9.15. The van der Waals surface area contributed by atoms with Crippen LogP contribution in [0.3, 0.4) is 0 Å². The van der Waals surface area contributed by atoms with E-state index in [0.29, 0.717) is 15.9 Å². The van der Waals surface area contributed by atoms with E-state index in [1.54, 1.807) is 11.3 Å². The summed E-state index contributed by atoms with van der Waals surface area (Å²) in [6, 6.07) is 2.21. The summed E-state index contributed by atoms with van der Waals surface area (Å²) in [6.07, 6.45) is 5.37. The smallest absolute Gasteiger partial charge is 0.274 e. The van der Waals surface area contributed by atoms with Crippen LogP contribution in [0.2, 0.25) is 5.02 Å². The minimum absolute atomic E-state index is 0.105. The lowest BCUT2D eigenvalue weighted by Gasteiger charge is -2.24. The quantitative estimate of drug-likeness (QED) is 0.628. The Balaban J connectivity index is 1.91. The standard InChI is InChI=1S/C14H14ClN3OS2/c1-20-14-16-7-10(15)12(17-14)13(19)18-5-2-3-11(18)9-4-6-21-8-9/h4,6-8,11H,2-3,5H2,1H3/t11-/m0/s1. The Kier molecular flexibility index (Phi) is 4.47. The molecule has 2 aromatic heterocycles. The molecule has 21 heavy (non-hydrogen) atoms. The Morgan fingerprint density at radius 1 is 1.57 bits per heavy atom. The molecule has 0 bridgehead atoms. The molecule has 7 heteroatoms. The zero-order chi connectivity index (χ0) is 14.8. The predicted molar refractivity (Wildman–Crippen MR) is 86.2 cm³/mol. The van der Waals surface area contributed by atoms with E-state index in [1.807, 2.05) is 16.5 Å². The number of halogens is 1. The molecule has 1 aliphatic heterocycles. The van der Waals surface area contributed by atoms with Crippen LogP contribution >= 0.6 is 34.7 Å². The molecular formula is C14H14ClN3OS2. The van der Waals surface area contributed by atoms with Crippen LogP contribution in [0.1, 0.15) is 34.9 Å². The molecule has 0 spiro atoms. The molecule has 1 atom stereocenters. The summed E-state index contributed by atoms with van der Waals surface area (Å²) >= 11 is 9.17. The number of hydrogen-bond donors (Lipinski definition) is 0. The van der Waals surface area contributed by atoms with Gasteiger partial charge in [-0.05, 0) is 41.5 Å². The zero-order valence-corrected chi connectivity index (χ0v) is 13.8. The SMILES string of the molecule is CSc1ncc(Cl)c(C(=O)N2CCC[C@H]2c2ccsc2)n1. The van der Waals surface area contributed by atoms with Gasteiger partial charge < -0.3 is 4.90 Å². The normalized spacial score (nSPS) is 18.2. The molecule has 3 rings (SSSR count). The summed E-state index contributed by atoms with van der Waals surface area (Å²) in [5.74, 6) is -0.105. The third-order valence-corrected chi connectivity index (χ3v) is 5.09. The van der Waals surface area contributed by atoms with Crippen LogP contribution in [0.15, 0.2) is 28.2 Å². The topological polar surface area (TPSA) is 46.1 Å². The summed E-state index contributed by atoms with van der Waals surface area (Å²) in [4.78, 5) is 23.0. The molecule has 1 saturated heterocycles. The Bertz CT molecular complexity index is 648. The third kappa shape index (κ3) is 2.93. The maximum Gasteiger partial charge on any atom is 0.274 e. The van der Waals surface area contributed by atoms with E-state index >= 15 is 0 Å². The van der Waals surface area contributed by atoms with E-state index in [1.165, 1.54) is 23.5 Å². The highest BCUT2D eigenvalue weighted by Gasteiger charge is 2.32. The number of hydrogen-bond acceptors (Lipinski definition) is 5. The summed E-state index contributed by atoms with van der Waals surface area (Å²) in [5.41, 5.74) is 1.50. The van der Waals surface area contributed by atoms with Gasteiger partial charge in [0.2, 0.25) is 0 Å². The second-order valence-electron chi connectivity index (χ2n) is 4.77. The van der Waals surface area contributed by atoms with Gasteiger partial charge >= 0.3 is 0 Å². The summed E-state index contributed by atoms with van der Waals surface area (Å²) < 4.78 is 0. The second-order valence-corrected chi connectivity index (χ2v) is 6.73. The molecule has 0 radical (unpaired) electrons. The first-order valence-electron chi connectivity index (χ1n) is 6.60. The van der Waals surface area contributed by atoms with Crippen molar-refractivity contribution in [3.05, 3.63) is 39.3 Å². The Hall–Kier alpha value is -1.11. The fourth-order valence-electron chi connectivity index (χ4n) is 2.56. The molecule has 0 N–H and O–H groups in total. The van der Waals surface area contributed by atoms with Crippen molar-refractivity contribution in [2.24, 2.45) is 0 Å². The van der Waals surface area contributed by atoms with Crippen LogP contribution in [0.4, 0.5) is 0 Å². The van der Waals surface area contributed by atoms with Gasteiger partial charge in [0.05, 0.1) is 17.3 Å². The number of carbonyl (C=O) groups is 1. The number of nitrogens with zero attached hydrogens (tertiary/aromatic N) is 3. The zero-order valence-electron chi connectivity index (χ0n) is 11.5. The molecule has 0 aromatic carbocycles. The van der Waals surface area contributed by atoms with Crippen LogP contribution in [0.25, 0.3) is 0 Å². The number of rotatable bonds is 3. The number of thiophene rings is 1. The summed E-state index contributed by atoms with van der Waals surface area (Å²) in [6.45, 7) is 0.744. The third-order valence-electron chi connectivity index (χ3n) is 3.55. The molecule has 0 aliphatic carbocycles. The van der Waals surface area contributed by atoms with Crippen molar-refractivity contribution in [3.63, 3.8) is 0 Å². The average Bonchev–Trinajstić information content (AvgIpc) is 3.17. The van der Waals surface area contributed by atoms with Gasteiger partial charge in [0.25, 0.3) is 5.91 Å². The van der Waals surface area contributed by atoms with Gasteiger partial charge in [-0.1, -0.05) is 23.4 Å². The molecular weight excluding hydrogens is 326 g/mol.